The molecule has 0 bridgehead atoms. The number of nitrogens with one attached hydrogen (secondary N) is 3. The summed E-state index contributed by atoms with van der Waals surface area (Å²) in [7, 11) is 1.55. The Morgan fingerprint density at radius 2 is 1.90 bits per heavy atom. The molecule has 1 saturated carbocycles. The largest absolute Gasteiger partial charge is 0.368 e. The van der Waals surface area contributed by atoms with Crippen molar-refractivity contribution in [2.24, 2.45) is 0 Å². The summed E-state index contributed by atoms with van der Waals surface area (Å²) in [5.74, 6) is 0.0895. The van der Waals surface area contributed by atoms with Crippen LogP contribution >= 0.6 is 0 Å². The van der Waals surface area contributed by atoms with Crippen LogP contribution in [-0.2, 0) is 5.41 Å². The third kappa shape index (κ3) is 4.45. The molecular formula is C22H22F2N6O. The van der Waals surface area contributed by atoms with E-state index in [4.69, 9.17) is 0 Å². The standard InChI is InChI=1S/C22H22F2N6O/c1-25-21(31)28-16-6-4-14(5-7-16)18-8-9-19(30-29-18)27-13-22(11-15(23)12-22)20-17(24)3-2-10-26-20/h2-10,15H,11-13H2,1H3,(H,27,30)(H2,25,28,31). The smallest absolute Gasteiger partial charge is 0.318 e. The molecule has 0 unspecified atom stereocenters. The second-order valence-electron chi connectivity index (χ2n) is 7.56. The van der Waals surface area contributed by atoms with Gasteiger partial charge in [-0.05, 0) is 49.2 Å². The highest BCUT2D eigenvalue weighted by Crippen LogP contribution is 2.45. The molecule has 2 amide bonds. The molecule has 3 aromatic rings. The minimum atomic E-state index is -0.961. The van der Waals surface area contributed by atoms with Crippen molar-refractivity contribution in [3.05, 3.63) is 66.2 Å². The molecule has 1 fully saturated rings. The van der Waals surface area contributed by atoms with E-state index in [1.165, 1.54) is 18.3 Å². The average Bonchev–Trinajstić information content (AvgIpc) is 2.77. The van der Waals surface area contributed by atoms with Crippen LogP contribution in [0.1, 0.15) is 18.5 Å². The van der Waals surface area contributed by atoms with Gasteiger partial charge in [-0.2, -0.15) is 0 Å². The molecule has 31 heavy (non-hydrogen) atoms. The van der Waals surface area contributed by atoms with Crippen LogP contribution in [0.4, 0.5) is 25.1 Å². The maximum Gasteiger partial charge on any atom is 0.318 e. The zero-order chi connectivity index (χ0) is 21.8. The Morgan fingerprint density at radius 1 is 1.13 bits per heavy atom. The molecule has 0 spiro atoms. The topological polar surface area (TPSA) is 91.8 Å². The fraction of sp³-hybridized carbons (Fsp3) is 0.273. The zero-order valence-electron chi connectivity index (χ0n) is 16.9. The van der Waals surface area contributed by atoms with Crippen molar-refractivity contribution in [1.29, 1.82) is 0 Å². The number of alkyl halides is 1. The number of hydrogen-bond donors (Lipinski definition) is 3. The summed E-state index contributed by atoms with van der Waals surface area (Å²) >= 11 is 0. The van der Waals surface area contributed by atoms with Gasteiger partial charge < -0.3 is 16.0 Å². The average molecular weight is 424 g/mol. The molecule has 0 aliphatic heterocycles. The highest BCUT2D eigenvalue weighted by atomic mass is 19.1. The van der Waals surface area contributed by atoms with Crippen molar-refractivity contribution in [2.45, 2.75) is 24.4 Å². The van der Waals surface area contributed by atoms with Crippen molar-refractivity contribution in [3.63, 3.8) is 0 Å². The Balaban J connectivity index is 1.43. The number of halogens is 2. The van der Waals surface area contributed by atoms with Gasteiger partial charge in [-0.3, -0.25) is 4.98 Å². The molecule has 160 valence electrons. The number of hydrogen-bond acceptors (Lipinski definition) is 5. The molecule has 0 atom stereocenters. The van der Waals surface area contributed by atoms with E-state index in [1.807, 2.05) is 18.2 Å². The van der Waals surface area contributed by atoms with E-state index in [-0.39, 0.29) is 24.6 Å². The van der Waals surface area contributed by atoms with Crippen LogP contribution < -0.4 is 16.0 Å². The fourth-order valence-electron chi connectivity index (χ4n) is 3.74. The molecular weight excluding hydrogens is 402 g/mol. The second kappa shape index (κ2) is 8.63. The number of nitrogens with zero attached hydrogens (tertiary/aromatic N) is 3. The molecule has 0 saturated heterocycles. The summed E-state index contributed by atoms with van der Waals surface area (Å²) in [5, 5.41) is 16.7. The van der Waals surface area contributed by atoms with Gasteiger partial charge in [-0.25, -0.2) is 13.6 Å². The lowest BCUT2D eigenvalue weighted by Gasteiger charge is -2.44. The van der Waals surface area contributed by atoms with Gasteiger partial charge in [0.1, 0.15) is 17.8 Å². The summed E-state index contributed by atoms with van der Waals surface area (Å²) in [4.78, 5) is 15.5. The van der Waals surface area contributed by atoms with Gasteiger partial charge in [0.25, 0.3) is 0 Å². The van der Waals surface area contributed by atoms with Gasteiger partial charge in [0, 0.05) is 36.5 Å². The van der Waals surface area contributed by atoms with Crippen molar-refractivity contribution in [2.75, 3.05) is 24.2 Å². The lowest BCUT2D eigenvalue weighted by atomic mass is 9.65. The summed E-state index contributed by atoms with van der Waals surface area (Å²) in [6, 6.07) is 13.4. The first-order valence-corrected chi connectivity index (χ1v) is 9.91. The minimum Gasteiger partial charge on any atom is -0.368 e. The van der Waals surface area contributed by atoms with Crippen LogP contribution in [0.15, 0.2) is 54.7 Å². The van der Waals surface area contributed by atoms with Crippen LogP contribution in [0.25, 0.3) is 11.3 Å². The van der Waals surface area contributed by atoms with Crippen LogP contribution in [-0.4, -0.2) is 41.0 Å². The van der Waals surface area contributed by atoms with E-state index >= 15 is 0 Å². The number of benzene rings is 1. The number of amides is 2. The normalized spacial score (nSPS) is 19.9. The molecule has 4 rings (SSSR count). The first-order valence-electron chi connectivity index (χ1n) is 9.91. The number of carbonyl (C=O) groups excluding carboxylic acids is 1. The van der Waals surface area contributed by atoms with Gasteiger partial charge in [0.2, 0.25) is 0 Å². The number of urea groups is 1. The molecule has 2 heterocycles. The molecule has 0 radical (unpaired) electrons. The third-order valence-corrected chi connectivity index (χ3v) is 5.42. The van der Waals surface area contributed by atoms with Gasteiger partial charge in [0.15, 0.2) is 0 Å². The highest BCUT2D eigenvalue weighted by molar-refractivity contribution is 5.89. The Hall–Kier alpha value is -3.62. The number of aromatic nitrogens is 3. The third-order valence-electron chi connectivity index (χ3n) is 5.42. The van der Waals surface area contributed by atoms with E-state index in [2.05, 4.69) is 31.1 Å². The molecule has 7 nitrogen and oxygen atoms in total. The van der Waals surface area contributed by atoms with Crippen LogP contribution in [0.3, 0.4) is 0 Å². The summed E-state index contributed by atoms with van der Waals surface area (Å²) in [5.41, 5.74) is 1.75. The molecule has 1 aromatic carbocycles. The van der Waals surface area contributed by atoms with Crippen LogP contribution in [0.2, 0.25) is 0 Å². The second-order valence-corrected chi connectivity index (χ2v) is 7.56. The summed E-state index contributed by atoms with van der Waals surface area (Å²) in [6.07, 6.45) is 0.999. The number of carbonyl (C=O) groups is 1. The van der Waals surface area contributed by atoms with E-state index in [0.717, 1.165) is 5.56 Å². The Kier molecular flexibility index (Phi) is 5.75. The summed E-state index contributed by atoms with van der Waals surface area (Å²) in [6.45, 7) is 0.315. The van der Waals surface area contributed by atoms with Crippen molar-refractivity contribution in [3.8, 4) is 11.3 Å². The van der Waals surface area contributed by atoms with E-state index in [9.17, 15) is 13.6 Å². The minimum absolute atomic E-state index is 0.218. The Bertz CT molecular complexity index is 1050. The molecule has 1 aliphatic rings. The van der Waals surface area contributed by atoms with E-state index < -0.39 is 17.4 Å². The molecule has 1 aliphatic carbocycles. The van der Waals surface area contributed by atoms with Crippen LogP contribution in [0, 0.1) is 5.82 Å². The van der Waals surface area contributed by atoms with Crippen molar-refractivity contribution < 1.29 is 13.6 Å². The lowest BCUT2D eigenvalue weighted by Crippen LogP contribution is -2.49. The van der Waals surface area contributed by atoms with Crippen molar-refractivity contribution in [1.82, 2.24) is 20.5 Å². The highest BCUT2D eigenvalue weighted by Gasteiger charge is 2.48. The van der Waals surface area contributed by atoms with Gasteiger partial charge >= 0.3 is 6.03 Å². The number of rotatable bonds is 6. The lowest BCUT2D eigenvalue weighted by molar-refractivity contribution is 0.0964. The van der Waals surface area contributed by atoms with Crippen molar-refractivity contribution >= 4 is 17.5 Å². The molecule has 2 aromatic heterocycles. The van der Waals surface area contributed by atoms with Gasteiger partial charge in [-0.15, -0.1) is 10.2 Å². The number of anilines is 2. The Labute approximate surface area is 178 Å². The first-order chi connectivity index (χ1) is 15.0. The first kappa shape index (κ1) is 20.6. The quantitative estimate of drug-likeness (QED) is 0.558. The van der Waals surface area contributed by atoms with E-state index in [0.29, 0.717) is 23.7 Å². The zero-order valence-corrected chi connectivity index (χ0v) is 16.9. The predicted octanol–water partition coefficient (Wildman–Crippen LogP) is 3.91. The molecule has 3 N–H and O–H groups in total. The maximum absolute atomic E-state index is 14.3. The van der Waals surface area contributed by atoms with Crippen LogP contribution in [0.5, 0.6) is 0 Å². The SMILES string of the molecule is CNC(=O)Nc1ccc(-c2ccc(NCC3(c4ncccc4F)CC(F)C3)nn2)cc1. The molecule has 9 heteroatoms. The van der Waals surface area contributed by atoms with E-state index in [1.54, 1.807) is 25.2 Å². The number of pyridine rings is 1. The summed E-state index contributed by atoms with van der Waals surface area (Å²) < 4.78 is 27.9. The predicted molar refractivity (Wildman–Crippen MR) is 114 cm³/mol. The monoisotopic (exact) mass is 424 g/mol. The maximum atomic E-state index is 14.3. The van der Waals surface area contributed by atoms with Gasteiger partial charge in [0.05, 0.1) is 11.4 Å². The Morgan fingerprint density at radius 3 is 2.52 bits per heavy atom. The fourth-order valence-corrected chi connectivity index (χ4v) is 3.74. The van der Waals surface area contributed by atoms with Gasteiger partial charge in [-0.1, -0.05) is 12.1 Å².